The lowest BCUT2D eigenvalue weighted by Gasteiger charge is -2.19. The second-order valence-electron chi connectivity index (χ2n) is 3.46. The van der Waals surface area contributed by atoms with Crippen LogP contribution in [-0.2, 0) is 9.53 Å². The Morgan fingerprint density at radius 3 is 1.73 bits per heavy atom. The normalized spacial score (nSPS) is 14.1. The summed E-state index contributed by atoms with van der Waals surface area (Å²) in [6.45, 7) is 7.79. The van der Waals surface area contributed by atoms with Gasteiger partial charge in [0.25, 0.3) is 0 Å². The summed E-state index contributed by atoms with van der Waals surface area (Å²) < 4.78 is 5.09. The molecule has 0 aliphatic rings. The van der Waals surface area contributed by atoms with Crippen molar-refractivity contribution in [3.05, 3.63) is 0 Å². The van der Waals surface area contributed by atoms with E-state index in [0.717, 1.165) is 0 Å². The number of Topliss-reactive ketones (excluding diaryl/α,β-unsaturated/α-hetero) is 1. The van der Waals surface area contributed by atoms with E-state index < -0.39 is 0 Å². The molecule has 1 atom stereocenters. The molecule has 0 bridgehead atoms. The topological polar surface area (TPSA) is 26.3 Å². The molecule has 0 aromatic heterocycles. The van der Waals surface area contributed by atoms with Crippen LogP contribution in [0.4, 0.5) is 0 Å². The highest BCUT2D eigenvalue weighted by Crippen LogP contribution is 2.11. The number of hydrogen-bond acceptors (Lipinski definition) is 2. The molecule has 0 aliphatic heterocycles. The molecular formula is C9H18O2. The van der Waals surface area contributed by atoms with E-state index in [0.29, 0.717) is 0 Å². The SMILES string of the molecule is CO[C@@H](C(=O)C(C)C)C(C)C. The van der Waals surface area contributed by atoms with Crippen LogP contribution in [0.2, 0.25) is 0 Å². The second-order valence-corrected chi connectivity index (χ2v) is 3.46. The molecule has 0 rings (SSSR count). The summed E-state index contributed by atoms with van der Waals surface area (Å²) in [5, 5.41) is 0. The summed E-state index contributed by atoms with van der Waals surface area (Å²) in [6.07, 6.45) is -0.227. The minimum Gasteiger partial charge on any atom is -0.373 e. The number of carbonyl (C=O) groups excluding carboxylic acids is 1. The lowest BCUT2D eigenvalue weighted by molar-refractivity contribution is -0.134. The summed E-state index contributed by atoms with van der Waals surface area (Å²) in [6, 6.07) is 0. The van der Waals surface area contributed by atoms with Gasteiger partial charge in [0.1, 0.15) is 6.10 Å². The van der Waals surface area contributed by atoms with Crippen LogP contribution in [0.25, 0.3) is 0 Å². The molecule has 0 spiro atoms. The quantitative estimate of drug-likeness (QED) is 0.624. The van der Waals surface area contributed by atoms with Gasteiger partial charge in [-0.1, -0.05) is 27.7 Å². The van der Waals surface area contributed by atoms with Gasteiger partial charge in [-0.3, -0.25) is 4.79 Å². The molecular weight excluding hydrogens is 140 g/mol. The number of carbonyl (C=O) groups is 1. The molecule has 0 aliphatic carbocycles. The first-order valence-electron chi connectivity index (χ1n) is 4.07. The molecule has 0 saturated heterocycles. The van der Waals surface area contributed by atoms with Gasteiger partial charge in [0, 0.05) is 13.0 Å². The highest BCUT2D eigenvalue weighted by Gasteiger charge is 2.23. The summed E-state index contributed by atoms with van der Waals surface area (Å²) >= 11 is 0. The highest BCUT2D eigenvalue weighted by molar-refractivity contribution is 5.85. The van der Waals surface area contributed by atoms with Gasteiger partial charge in [0.05, 0.1) is 0 Å². The van der Waals surface area contributed by atoms with Crippen molar-refractivity contribution in [2.75, 3.05) is 7.11 Å². The lowest BCUT2D eigenvalue weighted by atomic mass is 9.96. The van der Waals surface area contributed by atoms with Gasteiger partial charge < -0.3 is 4.74 Å². The molecule has 11 heavy (non-hydrogen) atoms. The van der Waals surface area contributed by atoms with Crippen LogP contribution in [0.15, 0.2) is 0 Å². The van der Waals surface area contributed by atoms with Gasteiger partial charge in [-0.15, -0.1) is 0 Å². The fourth-order valence-electron chi connectivity index (χ4n) is 1.05. The summed E-state index contributed by atoms with van der Waals surface area (Å²) in [5.41, 5.74) is 0. The number of ether oxygens (including phenoxy) is 1. The Balaban J connectivity index is 4.15. The Morgan fingerprint density at radius 1 is 1.18 bits per heavy atom. The molecule has 0 aromatic carbocycles. The third kappa shape index (κ3) is 3.02. The zero-order valence-corrected chi connectivity index (χ0v) is 8.05. The van der Waals surface area contributed by atoms with Crippen molar-refractivity contribution in [1.29, 1.82) is 0 Å². The Bertz CT molecular complexity index is 128. The van der Waals surface area contributed by atoms with Crippen molar-refractivity contribution in [3.8, 4) is 0 Å². The Kier molecular flexibility index (Phi) is 4.34. The van der Waals surface area contributed by atoms with Crippen molar-refractivity contribution >= 4 is 5.78 Å². The van der Waals surface area contributed by atoms with Crippen molar-refractivity contribution in [3.63, 3.8) is 0 Å². The molecule has 0 unspecified atom stereocenters. The lowest BCUT2D eigenvalue weighted by Crippen LogP contribution is -2.31. The average molecular weight is 158 g/mol. The standard InChI is InChI=1S/C9H18O2/c1-6(2)8(10)9(11-5)7(3)4/h6-7,9H,1-5H3/t9-/m1/s1. The van der Waals surface area contributed by atoms with Gasteiger partial charge in [-0.25, -0.2) is 0 Å². The van der Waals surface area contributed by atoms with E-state index in [1.165, 1.54) is 0 Å². The molecule has 2 nitrogen and oxygen atoms in total. The zero-order chi connectivity index (χ0) is 9.02. The highest BCUT2D eigenvalue weighted by atomic mass is 16.5. The molecule has 0 heterocycles. The van der Waals surface area contributed by atoms with E-state index in [1.807, 2.05) is 27.7 Å². The fraction of sp³-hybridized carbons (Fsp3) is 0.889. The van der Waals surface area contributed by atoms with Crippen LogP contribution >= 0.6 is 0 Å². The third-order valence-corrected chi connectivity index (χ3v) is 1.71. The van der Waals surface area contributed by atoms with E-state index in [2.05, 4.69) is 0 Å². The number of methoxy groups -OCH3 is 1. The molecule has 0 fully saturated rings. The molecule has 2 heteroatoms. The number of hydrogen-bond donors (Lipinski definition) is 0. The predicted octanol–water partition coefficient (Wildman–Crippen LogP) is 1.88. The predicted molar refractivity (Wildman–Crippen MR) is 45.5 cm³/mol. The average Bonchev–Trinajstić information content (AvgIpc) is 1.88. The van der Waals surface area contributed by atoms with Crippen molar-refractivity contribution < 1.29 is 9.53 Å². The van der Waals surface area contributed by atoms with Crippen LogP contribution < -0.4 is 0 Å². The van der Waals surface area contributed by atoms with E-state index in [9.17, 15) is 4.79 Å². The van der Waals surface area contributed by atoms with Crippen LogP contribution in [-0.4, -0.2) is 19.0 Å². The monoisotopic (exact) mass is 158 g/mol. The maximum Gasteiger partial charge on any atom is 0.164 e. The van der Waals surface area contributed by atoms with Gasteiger partial charge in [0.2, 0.25) is 0 Å². The largest absolute Gasteiger partial charge is 0.373 e. The second kappa shape index (κ2) is 4.50. The van der Waals surface area contributed by atoms with E-state index in [1.54, 1.807) is 7.11 Å². The van der Waals surface area contributed by atoms with Gasteiger partial charge in [0.15, 0.2) is 5.78 Å². The van der Waals surface area contributed by atoms with Crippen molar-refractivity contribution in [2.24, 2.45) is 11.8 Å². The van der Waals surface area contributed by atoms with Crippen molar-refractivity contribution in [1.82, 2.24) is 0 Å². The van der Waals surface area contributed by atoms with Crippen LogP contribution in [0.5, 0.6) is 0 Å². The first-order valence-corrected chi connectivity index (χ1v) is 4.07. The van der Waals surface area contributed by atoms with E-state index in [4.69, 9.17) is 4.74 Å². The Morgan fingerprint density at radius 2 is 1.64 bits per heavy atom. The maximum atomic E-state index is 11.4. The van der Waals surface area contributed by atoms with Gasteiger partial charge in [-0.05, 0) is 5.92 Å². The summed E-state index contributed by atoms with van der Waals surface area (Å²) in [4.78, 5) is 11.4. The Labute approximate surface area is 68.9 Å². The summed E-state index contributed by atoms with van der Waals surface area (Å²) in [5.74, 6) is 0.541. The molecule has 0 radical (unpaired) electrons. The number of rotatable bonds is 4. The van der Waals surface area contributed by atoms with E-state index >= 15 is 0 Å². The fourth-order valence-corrected chi connectivity index (χ4v) is 1.05. The zero-order valence-electron chi connectivity index (χ0n) is 8.05. The smallest absolute Gasteiger partial charge is 0.164 e. The van der Waals surface area contributed by atoms with Crippen LogP contribution in [0.1, 0.15) is 27.7 Å². The molecule has 0 aromatic rings. The minimum absolute atomic E-state index is 0.0716. The molecule has 0 saturated carbocycles. The first-order chi connectivity index (χ1) is 5.00. The van der Waals surface area contributed by atoms with E-state index in [-0.39, 0.29) is 23.7 Å². The Hall–Kier alpha value is -0.370. The molecule has 0 N–H and O–H groups in total. The van der Waals surface area contributed by atoms with Crippen LogP contribution in [0, 0.1) is 11.8 Å². The minimum atomic E-state index is -0.227. The maximum absolute atomic E-state index is 11.4. The summed E-state index contributed by atoms with van der Waals surface area (Å²) in [7, 11) is 1.59. The van der Waals surface area contributed by atoms with Crippen molar-refractivity contribution in [2.45, 2.75) is 33.8 Å². The van der Waals surface area contributed by atoms with Gasteiger partial charge >= 0.3 is 0 Å². The molecule has 0 amide bonds. The van der Waals surface area contributed by atoms with Gasteiger partial charge in [-0.2, -0.15) is 0 Å². The van der Waals surface area contributed by atoms with Crippen LogP contribution in [0.3, 0.4) is 0 Å². The number of ketones is 1. The third-order valence-electron chi connectivity index (χ3n) is 1.71. The molecule has 66 valence electrons. The first kappa shape index (κ1) is 10.6.